The van der Waals surface area contributed by atoms with Crippen molar-refractivity contribution in [1.82, 2.24) is 4.57 Å². The molecule has 0 aliphatic rings. The van der Waals surface area contributed by atoms with E-state index in [9.17, 15) is 4.79 Å². The monoisotopic (exact) mass is 311 g/mol. The summed E-state index contributed by atoms with van der Waals surface area (Å²) < 4.78 is 6.79. The largest absolute Gasteiger partial charge is 0.429 e. The van der Waals surface area contributed by atoms with Gasteiger partial charge in [-0.3, -0.25) is 4.79 Å². The number of hydrogen-bond acceptors (Lipinski definition) is 3. The topological polar surface area (TPSA) is 31.2 Å². The van der Waals surface area contributed by atoms with Crippen LogP contribution >= 0.6 is 12.9 Å². The van der Waals surface area contributed by atoms with Gasteiger partial charge in [-0.05, 0) is 43.0 Å². The third-order valence-electron chi connectivity index (χ3n) is 3.72. The highest BCUT2D eigenvalue weighted by molar-refractivity contribution is 7.75. The van der Waals surface area contributed by atoms with Gasteiger partial charge in [-0.1, -0.05) is 30.3 Å². The van der Waals surface area contributed by atoms with Crippen LogP contribution in [0.4, 0.5) is 0 Å². The molecule has 0 saturated heterocycles. The standard InChI is InChI=1S/C18H17NO2S/c1-12(2)19-17-11-15(21-22)9-8-14(17)10-16(18(19)20)13-6-4-3-5-7-13/h3-12,22H,1-2H3. The maximum absolute atomic E-state index is 12.9. The van der Waals surface area contributed by atoms with Gasteiger partial charge in [-0.25, -0.2) is 0 Å². The van der Waals surface area contributed by atoms with Gasteiger partial charge < -0.3 is 8.75 Å². The first-order chi connectivity index (χ1) is 10.6. The molecule has 0 atom stereocenters. The number of nitrogens with zero attached hydrogens (tertiary/aromatic N) is 1. The predicted octanol–water partition coefficient (Wildman–Crippen LogP) is 4.47. The first-order valence-corrected chi connectivity index (χ1v) is 7.54. The summed E-state index contributed by atoms with van der Waals surface area (Å²) in [5.41, 5.74) is 2.50. The number of fused-ring (bicyclic) bond motifs is 1. The molecule has 0 aliphatic heterocycles. The first kappa shape index (κ1) is 14.7. The summed E-state index contributed by atoms with van der Waals surface area (Å²) in [4.78, 5) is 12.9. The molecule has 0 amide bonds. The third kappa shape index (κ3) is 2.50. The van der Waals surface area contributed by atoms with Gasteiger partial charge >= 0.3 is 0 Å². The molecular weight excluding hydrogens is 294 g/mol. The molecule has 112 valence electrons. The average Bonchev–Trinajstić information content (AvgIpc) is 2.54. The second-order valence-corrected chi connectivity index (χ2v) is 5.69. The molecule has 0 aliphatic carbocycles. The van der Waals surface area contributed by atoms with E-state index in [-0.39, 0.29) is 11.6 Å². The van der Waals surface area contributed by atoms with E-state index in [1.54, 1.807) is 4.57 Å². The van der Waals surface area contributed by atoms with Crippen LogP contribution in [0, 0.1) is 0 Å². The Morgan fingerprint density at radius 2 is 1.77 bits per heavy atom. The number of pyridine rings is 1. The lowest BCUT2D eigenvalue weighted by Gasteiger charge is -2.16. The van der Waals surface area contributed by atoms with E-state index < -0.39 is 0 Å². The van der Waals surface area contributed by atoms with Crippen LogP contribution in [-0.4, -0.2) is 4.57 Å². The van der Waals surface area contributed by atoms with E-state index in [2.05, 4.69) is 12.9 Å². The molecule has 0 radical (unpaired) electrons. The maximum Gasteiger partial charge on any atom is 0.259 e. The van der Waals surface area contributed by atoms with Gasteiger partial charge in [0.1, 0.15) is 5.75 Å². The normalized spacial score (nSPS) is 11.1. The van der Waals surface area contributed by atoms with E-state index in [4.69, 9.17) is 4.18 Å². The number of rotatable bonds is 3. The Bertz CT molecular complexity index is 869. The van der Waals surface area contributed by atoms with E-state index in [1.807, 2.05) is 68.4 Å². The molecule has 1 heterocycles. The number of thiol groups is 1. The molecule has 22 heavy (non-hydrogen) atoms. The molecule has 3 aromatic rings. The molecule has 0 fully saturated rings. The summed E-state index contributed by atoms with van der Waals surface area (Å²) in [6.45, 7) is 4.01. The smallest absolute Gasteiger partial charge is 0.259 e. The van der Waals surface area contributed by atoms with Crippen LogP contribution in [-0.2, 0) is 0 Å². The maximum atomic E-state index is 12.9. The van der Waals surface area contributed by atoms with Crippen LogP contribution in [0.3, 0.4) is 0 Å². The SMILES string of the molecule is CC(C)n1c(=O)c(-c2ccccc2)cc2ccc(OS)cc21. The Labute approximate surface area is 134 Å². The molecule has 3 nitrogen and oxygen atoms in total. The van der Waals surface area contributed by atoms with Crippen LogP contribution in [0.5, 0.6) is 5.75 Å². The van der Waals surface area contributed by atoms with Crippen molar-refractivity contribution < 1.29 is 4.18 Å². The van der Waals surface area contributed by atoms with Crippen LogP contribution in [0.2, 0.25) is 0 Å². The Morgan fingerprint density at radius 3 is 2.41 bits per heavy atom. The highest BCUT2D eigenvalue weighted by Gasteiger charge is 2.13. The Hall–Kier alpha value is -2.20. The highest BCUT2D eigenvalue weighted by Crippen LogP contribution is 2.26. The van der Waals surface area contributed by atoms with Gasteiger partial charge in [-0.2, -0.15) is 0 Å². The van der Waals surface area contributed by atoms with E-state index in [1.165, 1.54) is 0 Å². The summed E-state index contributed by atoms with van der Waals surface area (Å²) in [6, 6.07) is 17.4. The number of hydrogen-bond donors (Lipinski definition) is 1. The van der Waals surface area contributed by atoms with Gasteiger partial charge in [-0.15, -0.1) is 0 Å². The van der Waals surface area contributed by atoms with Crippen LogP contribution in [0.15, 0.2) is 59.4 Å². The molecule has 2 aromatic carbocycles. The van der Waals surface area contributed by atoms with Crippen molar-refractivity contribution in [1.29, 1.82) is 0 Å². The second-order valence-electron chi connectivity index (χ2n) is 5.50. The van der Waals surface area contributed by atoms with E-state index >= 15 is 0 Å². The minimum absolute atomic E-state index is 0.00464. The number of aromatic nitrogens is 1. The Balaban J connectivity index is 2.38. The molecule has 0 saturated carbocycles. The lowest BCUT2D eigenvalue weighted by Crippen LogP contribution is -2.23. The molecular formula is C18H17NO2S. The first-order valence-electron chi connectivity index (χ1n) is 7.18. The molecule has 0 N–H and O–H groups in total. The minimum Gasteiger partial charge on any atom is -0.429 e. The van der Waals surface area contributed by atoms with Crippen molar-refractivity contribution in [2.75, 3.05) is 0 Å². The van der Waals surface area contributed by atoms with Crippen molar-refractivity contribution in [3.8, 4) is 16.9 Å². The van der Waals surface area contributed by atoms with Crippen LogP contribution in [0.25, 0.3) is 22.0 Å². The van der Waals surface area contributed by atoms with E-state index in [0.717, 1.165) is 16.5 Å². The molecule has 4 heteroatoms. The summed E-state index contributed by atoms with van der Waals surface area (Å²) in [7, 11) is 0. The average molecular weight is 311 g/mol. The third-order valence-corrected chi connectivity index (χ3v) is 3.93. The molecule has 0 unspecified atom stereocenters. The van der Waals surface area contributed by atoms with E-state index in [0.29, 0.717) is 11.3 Å². The predicted molar refractivity (Wildman–Crippen MR) is 93.6 cm³/mol. The van der Waals surface area contributed by atoms with Crippen molar-refractivity contribution in [2.45, 2.75) is 19.9 Å². The quantitative estimate of drug-likeness (QED) is 0.571. The summed E-state index contributed by atoms with van der Waals surface area (Å²) >= 11 is 3.84. The van der Waals surface area contributed by atoms with Crippen LogP contribution < -0.4 is 9.74 Å². The zero-order valence-electron chi connectivity index (χ0n) is 12.5. The zero-order chi connectivity index (χ0) is 15.7. The van der Waals surface area contributed by atoms with Gasteiger partial charge in [0.2, 0.25) is 0 Å². The summed E-state index contributed by atoms with van der Waals surface area (Å²) in [6.07, 6.45) is 0. The van der Waals surface area contributed by atoms with Crippen molar-refractivity contribution in [2.24, 2.45) is 0 Å². The lowest BCUT2D eigenvalue weighted by molar-refractivity contribution is 0.599. The fraction of sp³-hybridized carbons (Fsp3) is 0.167. The van der Waals surface area contributed by atoms with Gasteiger partial charge in [0, 0.05) is 30.6 Å². The lowest BCUT2D eigenvalue weighted by atomic mass is 10.0. The van der Waals surface area contributed by atoms with Crippen molar-refractivity contribution in [3.63, 3.8) is 0 Å². The van der Waals surface area contributed by atoms with Gasteiger partial charge in [0.05, 0.1) is 5.52 Å². The fourth-order valence-corrected chi connectivity index (χ4v) is 2.82. The highest BCUT2D eigenvalue weighted by atomic mass is 32.1. The summed E-state index contributed by atoms with van der Waals surface area (Å²) in [5.74, 6) is 0.622. The molecule has 0 spiro atoms. The van der Waals surface area contributed by atoms with Crippen molar-refractivity contribution in [3.05, 3.63) is 65.0 Å². The van der Waals surface area contributed by atoms with Crippen LogP contribution in [0.1, 0.15) is 19.9 Å². The summed E-state index contributed by atoms with van der Waals surface area (Å²) in [5, 5.41) is 1.00. The molecule has 3 rings (SSSR count). The van der Waals surface area contributed by atoms with Gasteiger partial charge in [0.15, 0.2) is 0 Å². The molecule has 0 bridgehead atoms. The zero-order valence-corrected chi connectivity index (χ0v) is 13.4. The number of benzene rings is 2. The second kappa shape index (κ2) is 5.89. The molecule has 1 aromatic heterocycles. The Morgan fingerprint density at radius 1 is 1.05 bits per heavy atom. The minimum atomic E-state index is 0.00464. The Kier molecular flexibility index (Phi) is 3.94. The fourth-order valence-electron chi connectivity index (χ4n) is 2.70. The van der Waals surface area contributed by atoms with Crippen molar-refractivity contribution >= 4 is 23.8 Å². The van der Waals surface area contributed by atoms with Gasteiger partial charge in [0.25, 0.3) is 5.56 Å².